The number of fused-ring (bicyclic) bond motifs is 1. The molecule has 5 nitrogen and oxygen atoms in total. The van der Waals surface area contributed by atoms with Gasteiger partial charge in [0.25, 0.3) is 5.91 Å². The monoisotopic (exact) mass is 474 g/mol. The minimum Gasteiger partial charge on any atom is -0.366 e. The van der Waals surface area contributed by atoms with Crippen molar-refractivity contribution in [1.82, 2.24) is 9.88 Å². The summed E-state index contributed by atoms with van der Waals surface area (Å²) in [6.45, 7) is 4.14. The van der Waals surface area contributed by atoms with Gasteiger partial charge in [0.1, 0.15) is 11.6 Å². The van der Waals surface area contributed by atoms with Crippen molar-refractivity contribution >= 4 is 45.5 Å². The van der Waals surface area contributed by atoms with Crippen molar-refractivity contribution in [3.05, 3.63) is 94.9 Å². The number of hydrogen-bond acceptors (Lipinski definition) is 4. The molecule has 0 spiro atoms. The standard InChI is InChI=1S/C27H24ClFN4O/c1-18-10-11-19(16-23(18)28)31-26-21-7-3-2-6-20(21)22(17-30-26)27(34)33-14-12-32(13-15-33)25-9-5-4-8-24(25)29/h2-11,16-17H,12-15H2,1H3,(H,30,31). The second kappa shape index (κ2) is 9.31. The van der Waals surface area contributed by atoms with Crippen molar-refractivity contribution in [3.8, 4) is 0 Å². The minimum atomic E-state index is -0.240. The number of nitrogens with one attached hydrogen (secondary N) is 1. The van der Waals surface area contributed by atoms with E-state index in [0.717, 1.165) is 22.0 Å². The van der Waals surface area contributed by atoms with Crippen LogP contribution in [0.4, 0.5) is 21.6 Å². The Morgan fingerprint density at radius 3 is 2.41 bits per heavy atom. The third-order valence-corrected chi connectivity index (χ3v) is 6.63. The second-order valence-corrected chi connectivity index (χ2v) is 8.79. The summed E-state index contributed by atoms with van der Waals surface area (Å²) in [7, 11) is 0. The van der Waals surface area contributed by atoms with E-state index in [1.807, 2.05) is 65.3 Å². The van der Waals surface area contributed by atoms with E-state index in [1.165, 1.54) is 6.07 Å². The lowest BCUT2D eigenvalue weighted by atomic mass is 10.1. The van der Waals surface area contributed by atoms with Gasteiger partial charge in [0.15, 0.2) is 0 Å². The molecule has 0 aliphatic carbocycles. The van der Waals surface area contributed by atoms with Crippen LogP contribution >= 0.6 is 11.6 Å². The van der Waals surface area contributed by atoms with Gasteiger partial charge < -0.3 is 15.1 Å². The topological polar surface area (TPSA) is 48.5 Å². The van der Waals surface area contributed by atoms with Crippen LogP contribution in [-0.4, -0.2) is 42.0 Å². The maximum atomic E-state index is 14.2. The minimum absolute atomic E-state index is 0.0678. The number of rotatable bonds is 4. The fourth-order valence-electron chi connectivity index (χ4n) is 4.30. The normalized spacial score (nSPS) is 13.9. The number of benzene rings is 3. The molecular formula is C27H24ClFN4O. The number of aromatic nitrogens is 1. The summed E-state index contributed by atoms with van der Waals surface area (Å²) in [4.78, 5) is 21.8. The van der Waals surface area contributed by atoms with Gasteiger partial charge in [-0.15, -0.1) is 0 Å². The largest absolute Gasteiger partial charge is 0.366 e. The highest BCUT2D eigenvalue weighted by molar-refractivity contribution is 6.31. The Morgan fingerprint density at radius 2 is 1.68 bits per heavy atom. The number of piperazine rings is 1. The lowest BCUT2D eigenvalue weighted by Gasteiger charge is -2.36. The van der Waals surface area contributed by atoms with Crippen LogP contribution in [-0.2, 0) is 0 Å². The molecule has 0 atom stereocenters. The summed E-state index contributed by atoms with van der Waals surface area (Å²) in [5.74, 6) is 0.355. The summed E-state index contributed by atoms with van der Waals surface area (Å²) < 4.78 is 14.2. The fraction of sp³-hybridized carbons (Fsp3) is 0.185. The number of carbonyl (C=O) groups is 1. The highest BCUT2D eigenvalue weighted by Crippen LogP contribution is 2.30. The molecule has 0 unspecified atom stereocenters. The molecule has 0 radical (unpaired) electrons. The Bertz CT molecular complexity index is 1370. The Kier molecular flexibility index (Phi) is 6.07. The van der Waals surface area contributed by atoms with Crippen molar-refractivity contribution in [3.63, 3.8) is 0 Å². The first kappa shape index (κ1) is 22.2. The number of hydrogen-bond donors (Lipinski definition) is 1. The van der Waals surface area contributed by atoms with Crippen LogP contribution in [0, 0.1) is 12.7 Å². The summed E-state index contributed by atoms with van der Waals surface area (Å²) >= 11 is 6.27. The zero-order chi connectivity index (χ0) is 23.7. The summed E-state index contributed by atoms with van der Waals surface area (Å²) in [6, 6.07) is 20.2. The van der Waals surface area contributed by atoms with E-state index in [-0.39, 0.29) is 11.7 Å². The highest BCUT2D eigenvalue weighted by atomic mass is 35.5. The number of aryl methyl sites for hydroxylation is 1. The molecule has 1 saturated heterocycles. The van der Waals surface area contributed by atoms with Crippen LogP contribution in [0.3, 0.4) is 0 Å². The fourth-order valence-corrected chi connectivity index (χ4v) is 4.48. The summed E-state index contributed by atoms with van der Waals surface area (Å²) in [5, 5.41) is 5.69. The smallest absolute Gasteiger partial charge is 0.256 e. The predicted octanol–water partition coefficient (Wildman–Crippen LogP) is 6.04. The van der Waals surface area contributed by atoms with Crippen molar-refractivity contribution in [2.45, 2.75) is 6.92 Å². The van der Waals surface area contributed by atoms with E-state index in [2.05, 4.69) is 10.3 Å². The molecular weight excluding hydrogens is 451 g/mol. The molecule has 0 bridgehead atoms. The number of nitrogens with zero attached hydrogens (tertiary/aromatic N) is 3. The Labute approximate surface area is 202 Å². The Balaban J connectivity index is 1.38. The third kappa shape index (κ3) is 4.29. The molecule has 34 heavy (non-hydrogen) atoms. The number of anilines is 3. The lowest BCUT2D eigenvalue weighted by Crippen LogP contribution is -2.49. The van der Waals surface area contributed by atoms with Gasteiger partial charge >= 0.3 is 0 Å². The van der Waals surface area contributed by atoms with Crippen LogP contribution in [0.5, 0.6) is 0 Å². The highest BCUT2D eigenvalue weighted by Gasteiger charge is 2.25. The zero-order valence-electron chi connectivity index (χ0n) is 18.8. The van der Waals surface area contributed by atoms with Crippen molar-refractivity contribution in [2.75, 3.05) is 36.4 Å². The number of halogens is 2. The van der Waals surface area contributed by atoms with Crippen LogP contribution in [0.15, 0.2) is 72.9 Å². The van der Waals surface area contributed by atoms with Gasteiger partial charge in [-0.3, -0.25) is 4.79 Å². The molecule has 1 aromatic heterocycles. The average Bonchev–Trinajstić information content (AvgIpc) is 2.86. The molecule has 1 fully saturated rings. The van der Waals surface area contributed by atoms with Gasteiger partial charge in [-0.2, -0.15) is 0 Å². The number of amides is 1. The van der Waals surface area contributed by atoms with Gasteiger partial charge in [0.2, 0.25) is 0 Å². The molecule has 7 heteroatoms. The molecule has 172 valence electrons. The van der Waals surface area contributed by atoms with E-state index in [9.17, 15) is 9.18 Å². The van der Waals surface area contributed by atoms with Crippen LogP contribution in [0.2, 0.25) is 5.02 Å². The van der Waals surface area contributed by atoms with Gasteiger partial charge in [-0.25, -0.2) is 9.37 Å². The van der Waals surface area contributed by atoms with E-state index in [4.69, 9.17) is 11.6 Å². The van der Waals surface area contributed by atoms with E-state index >= 15 is 0 Å². The first-order chi connectivity index (χ1) is 16.5. The van der Waals surface area contributed by atoms with Crippen LogP contribution < -0.4 is 10.2 Å². The SMILES string of the molecule is Cc1ccc(Nc2ncc(C(=O)N3CCN(c4ccccc4F)CC3)c3ccccc23)cc1Cl. The first-order valence-electron chi connectivity index (χ1n) is 11.2. The summed E-state index contributed by atoms with van der Waals surface area (Å²) in [6.07, 6.45) is 1.63. The first-order valence-corrected chi connectivity index (χ1v) is 11.6. The van der Waals surface area contributed by atoms with E-state index in [1.54, 1.807) is 18.3 Å². The molecule has 1 aliphatic rings. The maximum absolute atomic E-state index is 14.2. The Morgan fingerprint density at radius 1 is 0.971 bits per heavy atom. The average molecular weight is 475 g/mol. The number of para-hydroxylation sites is 1. The van der Waals surface area contributed by atoms with E-state index in [0.29, 0.717) is 48.3 Å². The van der Waals surface area contributed by atoms with Crippen molar-refractivity contribution in [1.29, 1.82) is 0 Å². The molecule has 5 rings (SSSR count). The van der Waals surface area contributed by atoms with Crippen LogP contribution in [0.1, 0.15) is 15.9 Å². The zero-order valence-corrected chi connectivity index (χ0v) is 19.5. The van der Waals surface area contributed by atoms with Gasteiger partial charge in [0, 0.05) is 48.5 Å². The number of carbonyl (C=O) groups excluding carboxylic acids is 1. The van der Waals surface area contributed by atoms with Gasteiger partial charge in [-0.05, 0) is 42.1 Å². The van der Waals surface area contributed by atoms with Crippen LogP contribution in [0.25, 0.3) is 10.8 Å². The van der Waals surface area contributed by atoms with E-state index < -0.39 is 0 Å². The molecule has 0 saturated carbocycles. The van der Waals surface area contributed by atoms with Crippen molar-refractivity contribution in [2.24, 2.45) is 0 Å². The van der Waals surface area contributed by atoms with Gasteiger partial charge in [-0.1, -0.05) is 54.1 Å². The second-order valence-electron chi connectivity index (χ2n) is 8.39. The molecule has 3 aromatic carbocycles. The molecule has 1 amide bonds. The molecule has 4 aromatic rings. The number of pyridine rings is 1. The van der Waals surface area contributed by atoms with Crippen molar-refractivity contribution < 1.29 is 9.18 Å². The maximum Gasteiger partial charge on any atom is 0.256 e. The molecule has 2 heterocycles. The molecule has 1 aliphatic heterocycles. The van der Waals surface area contributed by atoms with Gasteiger partial charge in [0.05, 0.1) is 11.3 Å². The quantitative estimate of drug-likeness (QED) is 0.391. The molecule has 1 N–H and O–H groups in total. The lowest BCUT2D eigenvalue weighted by molar-refractivity contribution is 0.0748. The summed E-state index contributed by atoms with van der Waals surface area (Å²) in [5.41, 5.74) is 2.97. The predicted molar refractivity (Wildman–Crippen MR) is 136 cm³/mol. The Hall–Kier alpha value is -3.64. The third-order valence-electron chi connectivity index (χ3n) is 6.22.